The van der Waals surface area contributed by atoms with Crippen LogP contribution in [0.1, 0.15) is 32.8 Å². The maximum absolute atomic E-state index is 13.6. The Kier molecular flexibility index (Phi) is 6.66. The molecule has 0 aromatic heterocycles. The third-order valence-corrected chi connectivity index (χ3v) is 3.52. The summed E-state index contributed by atoms with van der Waals surface area (Å²) in [6, 6.07) is 6.41. The molecule has 28 heavy (non-hydrogen) atoms. The second-order valence-corrected chi connectivity index (χ2v) is 7.10. The zero-order valence-corrected chi connectivity index (χ0v) is 15.7. The van der Waals surface area contributed by atoms with E-state index in [1.165, 1.54) is 6.07 Å². The van der Waals surface area contributed by atoms with Gasteiger partial charge in [0, 0.05) is 6.42 Å². The van der Waals surface area contributed by atoms with Gasteiger partial charge in [-0.05, 0) is 69.2 Å². The van der Waals surface area contributed by atoms with E-state index in [0.29, 0.717) is 0 Å². The second-order valence-electron chi connectivity index (χ2n) is 7.10. The number of carbonyl (C=O) groups is 2. The molecule has 0 radical (unpaired) electrons. The molecule has 150 valence electrons. The zero-order chi connectivity index (χ0) is 20.9. The first-order valence-electron chi connectivity index (χ1n) is 8.57. The molecule has 0 fully saturated rings. The minimum Gasteiger partial charge on any atom is -0.444 e. The summed E-state index contributed by atoms with van der Waals surface area (Å²) in [5, 5.41) is 4.90. The summed E-state index contributed by atoms with van der Waals surface area (Å²) in [5.41, 5.74) is -0.513. The van der Waals surface area contributed by atoms with E-state index in [1.54, 1.807) is 20.8 Å². The minimum absolute atomic E-state index is 0.0237. The third-order valence-electron chi connectivity index (χ3n) is 3.52. The van der Waals surface area contributed by atoms with Gasteiger partial charge in [-0.2, -0.15) is 0 Å². The Morgan fingerprint density at radius 3 is 2.25 bits per heavy atom. The van der Waals surface area contributed by atoms with E-state index in [1.807, 2.05) is 0 Å². The molecule has 0 atom stereocenters. The predicted octanol–water partition coefficient (Wildman–Crippen LogP) is 5.02. The van der Waals surface area contributed by atoms with Crippen LogP contribution in [0.4, 0.5) is 29.3 Å². The number of hydrogen-bond acceptors (Lipinski definition) is 3. The molecule has 0 saturated carbocycles. The van der Waals surface area contributed by atoms with Gasteiger partial charge in [0.15, 0.2) is 0 Å². The first-order valence-corrected chi connectivity index (χ1v) is 8.57. The Hall–Kier alpha value is -3.03. The number of hydrogen-bond donors (Lipinski definition) is 2. The van der Waals surface area contributed by atoms with E-state index in [0.717, 1.165) is 30.3 Å². The van der Waals surface area contributed by atoms with E-state index >= 15 is 0 Å². The van der Waals surface area contributed by atoms with Crippen molar-refractivity contribution in [3.63, 3.8) is 0 Å². The van der Waals surface area contributed by atoms with Crippen molar-refractivity contribution in [2.75, 3.05) is 10.6 Å². The summed E-state index contributed by atoms with van der Waals surface area (Å²) in [7, 11) is 0. The van der Waals surface area contributed by atoms with Crippen LogP contribution in [0.5, 0.6) is 0 Å². The molecule has 0 saturated heterocycles. The zero-order valence-electron chi connectivity index (χ0n) is 15.7. The number of aryl methyl sites for hydroxylation is 1. The van der Waals surface area contributed by atoms with Gasteiger partial charge in [-0.3, -0.25) is 10.1 Å². The maximum atomic E-state index is 13.6. The number of halogens is 3. The van der Waals surface area contributed by atoms with Crippen molar-refractivity contribution in [2.45, 2.75) is 39.2 Å². The molecule has 8 heteroatoms. The average Bonchev–Trinajstić information content (AvgIpc) is 2.56. The highest BCUT2D eigenvalue weighted by Crippen LogP contribution is 2.24. The smallest absolute Gasteiger partial charge is 0.412 e. The number of rotatable bonds is 5. The van der Waals surface area contributed by atoms with E-state index in [9.17, 15) is 22.8 Å². The van der Waals surface area contributed by atoms with Gasteiger partial charge in [-0.15, -0.1) is 0 Å². The number of anilines is 2. The monoisotopic (exact) mass is 394 g/mol. The second kappa shape index (κ2) is 8.77. The first-order chi connectivity index (χ1) is 13.0. The van der Waals surface area contributed by atoms with Crippen molar-refractivity contribution in [3.8, 4) is 0 Å². The Balaban J connectivity index is 2.05. The lowest BCUT2D eigenvalue weighted by atomic mass is 10.1. The lowest BCUT2D eigenvalue weighted by Crippen LogP contribution is -2.27. The standard InChI is InChI=1S/C20H21F3N2O3/c1-20(2,3)28-19(27)25-16-8-6-14(22)11-17(16)24-18(26)9-4-12-10-13(21)5-7-15(12)23/h5-8,10-11H,4,9H2,1-3H3,(H,24,26)(H,25,27). The van der Waals surface area contributed by atoms with Crippen LogP contribution < -0.4 is 10.6 Å². The van der Waals surface area contributed by atoms with Crippen LogP contribution in [0.2, 0.25) is 0 Å². The van der Waals surface area contributed by atoms with Gasteiger partial charge in [-0.25, -0.2) is 18.0 Å². The minimum atomic E-state index is -0.767. The van der Waals surface area contributed by atoms with E-state index in [-0.39, 0.29) is 29.8 Å². The molecular weight excluding hydrogens is 373 g/mol. The van der Waals surface area contributed by atoms with Crippen molar-refractivity contribution >= 4 is 23.4 Å². The fraction of sp³-hybridized carbons (Fsp3) is 0.300. The number of nitrogens with one attached hydrogen (secondary N) is 2. The molecule has 0 aliphatic rings. The Morgan fingerprint density at radius 1 is 0.929 bits per heavy atom. The fourth-order valence-electron chi connectivity index (χ4n) is 2.34. The molecule has 2 aromatic carbocycles. The first kappa shape index (κ1) is 21.3. The highest BCUT2D eigenvalue weighted by molar-refractivity contribution is 5.97. The van der Waals surface area contributed by atoms with E-state index in [2.05, 4.69) is 10.6 Å². The molecule has 2 rings (SSSR count). The molecule has 2 aromatic rings. The lowest BCUT2D eigenvalue weighted by Gasteiger charge is -2.20. The SMILES string of the molecule is CC(C)(C)OC(=O)Nc1ccc(F)cc1NC(=O)CCc1cc(F)ccc1F. The Labute approximate surface area is 160 Å². The molecule has 2 amide bonds. The van der Waals surface area contributed by atoms with E-state index in [4.69, 9.17) is 4.74 Å². The summed E-state index contributed by atoms with van der Waals surface area (Å²) in [4.78, 5) is 24.1. The van der Waals surface area contributed by atoms with Crippen LogP contribution in [0.3, 0.4) is 0 Å². The number of amides is 2. The quantitative estimate of drug-likeness (QED) is 0.748. The lowest BCUT2D eigenvalue weighted by molar-refractivity contribution is -0.116. The van der Waals surface area contributed by atoms with E-state index < -0.39 is 35.1 Å². The maximum Gasteiger partial charge on any atom is 0.412 e. The van der Waals surface area contributed by atoms with Gasteiger partial charge in [0.05, 0.1) is 11.4 Å². The summed E-state index contributed by atoms with van der Waals surface area (Å²) < 4.78 is 45.5. The Bertz CT molecular complexity index is 879. The summed E-state index contributed by atoms with van der Waals surface area (Å²) in [5.74, 6) is -2.40. The van der Waals surface area contributed by atoms with Gasteiger partial charge in [0.2, 0.25) is 5.91 Å². The summed E-state index contributed by atoms with van der Waals surface area (Å²) in [6.45, 7) is 5.06. The molecule has 0 bridgehead atoms. The fourth-order valence-corrected chi connectivity index (χ4v) is 2.34. The van der Waals surface area contributed by atoms with Crippen LogP contribution >= 0.6 is 0 Å². The van der Waals surface area contributed by atoms with Crippen LogP contribution in [0, 0.1) is 17.5 Å². The topological polar surface area (TPSA) is 67.4 Å². The molecule has 0 heterocycles. The molecule has 0 aliphatic carbocycles. The highest BCUT2D eigenvalue weighted by Gasteiger charge is 2.18. The predicted molar refractivity (Wildman–Crippen MR) is 99.6 cm³/mol. The summed E-state index contributed by atoms with van der Waals surface area (Å²) in [6.07, 6.45) is -0.973. The van der Waals surface area contributed by atoms with Crippen molar-refractivity contribution in [1.82, 2.24) is 0 Å². The normalized spacial score (nSPS) is 11.1. The van der Waals surface area contributed by atoms with Gasteiger partial charge in [0.1, 0.15) is 23.1 Å². The molecule has 5 nitrogen and oxygen atoms in total. The third kappa shape index (κ3) is 6.61. The van der Waals surface area contributed by atoms with Crippen molar-refractivity contribution in [1.29, 1.82) is 0 Å². The van der Waals surface area contributed by atoms with Crippen LogP contribution in [-0.2, 0) is 16.0 Å². The number of benzene rings is 2. The Morgan fingerprint density at radius 2 is 1.57 bits per heavy atom. The summed E-state index contributed by atoms with van der Waals surface area (Å²) >= 11 is 0. The number of ether oxygens (including phenoxy) is 1. The molecule has 2 N–H and O–H groups in total. The largest absolute Gasteiger partial charge is 0.444 e. The van der Waals surface area contributed by atoms with Gasteiger partial charge >= 0.3 is 6.09 Å². The van der Waals surface area contributed by atoms with Crippen molar-refractivity contribution in [3.05, 3.63) is 59.4 Å². The van der Waals surface area contributed by atoms with Crippen molar-refractivity contribution < 1.29 is 27.5 Å². The van der Waals surface area contributed by atoms with Crippen LogP contribution in [0.25, 0.3) is 0 Å². The highest BCUT2D eigenvalue weighted by atomic mass is 19.1. The van der Waals surface area contributed by atoms with Gasteiger partial charge in [0.25, 0.3) is 0 Å². The average molecular weight is 394 g/mol. The molecule has 0 aliphatic heterocycles. The van der Waals surface area contributed by atoms with Crippen LogP contribution in [0.15, 0.2) is 36.4 Å². The molecule has 0 spiro atoms. The van der Waals surface area contributed by atoms with Gasteiger partial charge in [-0.1, -0.05) is 0 Å². The molecular formula is C20H21F3N2O3. The number of carbonyl (C=O) groups excluding carboxylic acids is 2. The van der Waals surface area contributed by atoms with Crippen LogP contribution in [-0.4, -0.2) is 17.6 Å². The van der Waals surface area contributed by atoms with Crippen molar-refractivity contribution in [2.24, 2.45) is 0 Å². The molecule has 0 unspecified atom stereocenters. The van der Waals surface area contributed by atoms with Gasteiger partial charge < -0.3 is 10.1 Å².